The number of hydrogen-bond donors (Lipinski definition) is 1. The van der Waals surface area contributed by atoms with Crippen LogP contribution in [0.25, 0.3) is 23.6 Å². The van der Waals surface area contributed by atoms with E-state index in [4.69, 9.17) is 9.15 Å². The van der Waals surface area contributed by atoms with Gasteiger partial charge in [-0.1, -0.05) is 24.3 Å². The molecule has 0 saturated heterocycles. The summed E-state index contributed by atoms with van der Waals surface area (Å²) in [6.07, 6.45) is 7.17. The lowest BCUT2D eigenvalue weighted by atomic mass is 10.2. The third kappa shape index (κ3) is 4.87. The maximum Gasteiger partial charge on any atom is 0.219 e. The van der Waals surface area contributed by atoms with Crippen LogP contribution in [0.3, 0.4) is 0 Å². The lowest BCUT2D eigenvalue weighted by Crippen LogP contribution is -1.95. The number of hydrogen-bond acceptors (Lipinski definition) is 6. The summed E-state index contributed by atoms with van der Waals surface area (Å²) in [6.45, 7) is 2.62. The molecule has 3 aromatic heterocycles. The van der Waals surface area contributed by atoms with E-state index in [1.165, 1.54) is 0 Å². The van der Waals surface area contributed by atoms with E-state index in [-0.39, 0.29) is 0 Å². The zero-order valence-corrected chi connectivity index (χ0v) is 15.9. The van der Waals surface area contributed by atoms with Gasteiger partial charge in [-0.25, -0.2) is 15.0 Å². The molecule has 0 saturated carbocycles. The van der Waals surface area contributed by atoms with E-state index in [0.717, 1.165) is 17.1 Å². The van der Waals surface area contributed by atoms with E-state index in [1.54, 1.807) is 12.4 Å². The molecular formula is C23H20N4O2. The zero-order valence-electron chi connectivity index (χ0n) is 15.9. The summed E-state index contributed by atoms with van der Waals surface area (Å²) in [6, 6.07) is 19.2. The van der Waals surface area contributed by atoms with Crippen molar-refractivity contribution in [2.45, 2.75) is 6.92 Å². The summed E-state index contributed by atoms with van der Waals surface area (Å²) < 4.78 is 11.3. The standard InChI is InChI=1S/C23H20N4O2/c1-2-28-18-12-9-17(10-13-18)11-14-23-25-16-20(29-23)19-6-5-8-22(26-19)27-21-7-3-4-15-24-21/h3-16H,2H2,1H3,(H,24,26,27). The fourth-order valence-corrected chi connectivity index (χ4v) is 2.70. The second-order valence-electron chi connectivity index (χ2n) is 6.15. The van der Waals surface area contributed by atoms with Gasteiger partial charge in [-0.3, -0.25) is 0 Å². The lowest BCUT2D eigenvalue weighted by Gasteiger charge is -2.05. The molecular weight excluding hydrogens is 364 g/mol. The molecule has 1 N–H and O–H groups in total. The molecule has 0 atom stereocenters. The zero-order chi connectivity index (χ0) is 19.9. The number of oxazole rings is 1. The first kappa shape index (κ1) is 18.4. The summed E-state index contributed by atoms with van der Waals surface area (Å²) in [5.74, 6) is 3.38. The van der Waals surface area contributed by atoms with Crippen molar-refractivity contribution in [2.75, 3.05) is 11.9 Å². The van der Waals surface area contributed by atoms with Gasteiger partial charge < -0.3 is 14.5 Å². The van der Waals surface area contributed by atoms with Gasteiger partial charge in [-0.2, -0.15) is 0 Å². The van der Waals surface area contributed by atoms with Crippen molar-refractivity contribution < 1.29 is 9.15 Å². The van der Waals surface area contributed by atoms with Gasteiger partial charge in [0.15, 0.2) is 5.76 Å². The third-order valence-corrected chi connectivity index (χ3v) is 4.06. The first-order chi connectivity index (χ1) is 14.3. The molecule has 0 fully saturated rings. The Morgan fingerprint density at radius 2 is 1.79 bits per heavy atom. The molecule has 0 amide bonds. The van der Waals surface area contributed by atoms with Gasteiger partial charge in [-0.05, 0) is 55.0 Å². The number of aromatic nitrogens is 3. The molecule has 1 aromatic carbocycles. The first-order valence-corrected chi connectivity index (χ1v) is 9.32. The Kier molecular flexibility index (Phi) is 5.62. The SMILES string of the molecule is CCOc1ccc(C=Cc2ncc(-c3cccc(Nc4ccccn4)n3)o2)cc1. The Hall–Kier alpha value is -3.93. The van der Waals surface area contributed by atoms with Crippen LogP contribution in [-0.4, -0.2) is 21.6 Å². The van der Waals surface area contributed by atoms with Crippen molar-refractivity contribution in [2.24, 2.45) is 0 Å². The number of rotatable bonds is 7. The Bertz CT molecular complexity index is 1090. The molecule has 4 rings (SSSR count). The van der Waals surface area contributed by atoms with Crippen LogP contribution < -0.4 is 10.1 Å². The highest BCUT2D eigenvalue weighted by molar-refractivity contribution is 5.67. The van der Waals surface area contributed by atoms with Crippen LogP contribution in [0.4, 0.5) is 11.6 Å². The molecule has 6 heteroatoms. The number of ether oxygens (including phenoxy) is 1. The number of pyridine rings is 2. The van der Waals surface area contributed by atoms with E-state index in [1.807, 2.05) is 79.7 Å². The average molecular weight is 384 g/mol. The monoisotopic (exact) mass is 384 g/mol. The minimum atomic E-state index is 0.513. The van der Waals surface area contributed by atoms with E-state index >= 15 is 0 Å². The number of nitrogens with zero attached hydrogens (tertiary/aromatic N) is 3. The molecule has 0 spiro atoms. The third-order valence-electron chi connectivity index (χ3n) is 4.06. The Morgan fingerprint density at radius 3 is 2.59 bits per heavy atom. The van der Waals surface area contributed by atoms with Crippen LogP contribution in [0.1, 0.15) is 18.4 Å². The lowest BCUT2D eigenvalue weighted by molar-refractivity contribution is 0.340. The van der Waals surface area contributed by atoms with Crippen LogP contribution in [-0.2, 0) is 0 Å². The summed E-state index contributed by atoms with van der Waals surface area (Å²) in [7, 11) is 0. The highest BCUT2D eigenvalue weighted by Crippen LogP contribution is 2.22. The Labute approximate surface area is 168 Å². The molecule has 4 aromatic rings. The predicted octanol–water partition coefficient (Wildman–Crippen LogP) is 5.44. The quantitative estimate of drug-likeness (QED) is 0.457. The molecule has 29 heavy (non-hydrogen) atoms. The van der Waals surface area contributed by atoms with Crippen LogP contribution in [0, 0.1) is 0 Å². The van der Waals surface area contributed by atoms with Gasteiger partial charge in [0.25, 0.3) is 0 Å². The molecule has 0 bridgehead atoms. The van der Waals surface area contributed by atoms with Gasteiger partial charge in [0.1, 0.15) is 23.1 Å². The van der Waals surface area contributed by atoms with Crippen molar-refractivity contribution in [1.29, 1.82) is 0 Å². The van der Waals surface area contributed by atoms with E-state index in [9.17, 15) is 0 Å². The molecule has 0 radical (unpaired) electrons. The van der Waals surface area contributed by atoms with Crippen LogP contribution in [0.2, 0.25) is 0 Å². The first-order valence-electron chi connectivity index (χ1n) is 9.32. The highest BCUT2D eigenvalue weighted by Gasteiger charge is 2.07. The maximum absolute atomic E-state index is 5.83. The van der Waals surface area contributed by atoms with E-state index < -0.39 is 0 Å². The van der Waals surface area contributed by atoms with Gasteiger partial charge >= 0.3 is 0 Å². The number of benzene rings is 1. The summed E-state index contributed by atoms with van der Waals surface area (Å²) in [4.78, 5) is 13.1. The Balaban J connectivity index is 1.46. The Morgan fingerprint density at radius 1 is 0.931 bits per heavy atom. The fraction of sp³-hybridized carbons (Fsp3) is 0.0870. The highest BCUT2D eigenvalue weighted by atomic mass is 16.5. The predicted molar refractivity (Wildman–Crippen MR) is 114 cm³/mol. The maximum atomic E-state index is 5.83. The van der Waals surface area contributed by atoms with Gasteiger partial charge in [0.2, 0.25) is 5.89 Å². The number of anilines is 2. The molecule has 0 aliphatic rings. The molecule has 0 aliphatic carbocycles. The van der Waals surface area contributed by atoms with Crippen molar-refractivity contribution in [3.63, 3.8) is 0 Å². The van der Waals surface area contributed by atoms with Gasteiger partial charge in [0.05, 0.1) is 12.8 Å². The molecule has 0 unspecified atom stereocenters. The number of nitrogens with one attached hydrogen (secondary N) is 1. The van der Waals surface area contributed by atoms with Crippen molar-refractivity contribution in [3.05, 3.63) is 84.5 Å². The van der Waals surface area contributed by atoms with Crippen LogP contribution >= 0.6 is 0 Å². The topological polar surface area (TPSA) is 73.1 Å². The van der Waals surface area contributed by atoms with E-state index in [2.05, 4.69) is 20.3 Å². The smallest absolute Gasteiger partial charge is 0.219 e. The molecule has 6 nitrogen and oxygen atoms in total. The van der Waals surface area contributed by atoms with E-state index in [0.29, 0.717) is 29.8 Å². The van der Waals surface area contributed by atoms with Crippen LogP contribution in [0.15, 0.2) is 77.5 Å². The fourth-order valence-electron chi connectivity index (χ4n) is 2.70. The normalized spacial score (nSPS) is 10.9. The van der Waals surface area contributed by atoms with Gasteiger partial charge in [0, 0.05) is 12.3 Å². The van der Waals surface area contributed by atoms with Gasteiger partial charge in [-0.15, -0.1) is 0 Å². The summed E-state index contributed by atoms with van der Waals surface area (Å²) in [5, 5.41) is 3.17. The molecule has 0 aliphatic heterocycles. The molecule has 3 heterocycles. The van der Waals surface area contributed by atoms with Crippen molar-refractivity contribution in [1.82, 2.24) is 15.0 Å². The largest absolute Gasteiger partial charge is 0.494 e. The average Bonchev–Trinajstić information content (AvgIpc) is 3.24. The minimum Gasteiger partial charge on any atom is -0.494 e. The van der Waals surface area contributed by atoms with Crippen molar-refractivity contribution in [3.8, 4) is 17.2 Å². The second-order valence-corrected chi connectivity index (χ2v) is 6.15. The molecule has 144 valence electrons. The minimum absolute atomic E-state index is 0.513. The summed E-state index contributed by atoms with van der Waals surface area (Å²) in [5.41, 5.74) is 1.73. The van der Waals surface area contributed by atoms with Crippen molar-refractivity contribution >= 4 is 23.8 Å². The second kappa shape index (κ2) is 8.84. The summed E-state index contributed by atoms with van der Waals surface area (Å²) >= 11 is 0. The van der Waals surface area contributed by atoms with Crippen LogP contribution in [0.5, 0.6) is 5.75 Å².